The van der Waals surface area contributed by atoms with Crippen molar-refractivity contribution in [2.24, 2.45) is 0 Å². The number of ether oxygens (including phenoxy) is 1. The molecule has 3 nitrogen and oxygen atoms in total. The average molecular weight is 249 g/mol. The fourth-order valence-corrected chi connectivity index (χ4v) is 2.18. The molecule has 4 heteroatoms. The van der Waals surface area contributed by atoms with Gasteiger partial charge in [-0.2, -0.15) is 0 Å². The maximum Gasteiger partial charge on any atom is 0.243 e. The minimum absolute atomic E-state index is 0.259. The van der Waals surface area contributed by atoms with E-state index < -0.39 is 5.60 Å². The summed E-state index contributed by atoms with van der Waals surface area (Å²) >= 11 is 0. The Morgan fingerprint density at radius 1 is 1.61 bits per heavy atom. The van der Waals surface area contributed by atoms with Gasteiger partial charge in [0.2, 0.25) is 5.91 Å². The van der Waals surface area contributed by atoms with Crippen molar-refractivity contribution < 1.29 is 13.9 Å². The van der Waals surface area contributed by atoms with Crippen LogP contribution in [0, 0.1) is 5.82 Å². The first-order valence-corrected chi connectivity index (χ1v) is 5.83. The summed E-state index contributed by atoms with van der Waals surface area (Å²) in [7, 11) is 0. The van der Waals surface area contributed by atoms with Gasteiger partial charge >= 0.3 is 0 Å². The third-order valence-electron chi connectivity index (χ3n) is 2.93. The highest BCUT2D eigenvalue weighted by Gasteiger charge is 2.34. The molecular formula is C14H16FNO2. The third kappa shape index (κ3) is 2.53. The van der Waals surface area contributed by atoms with Gasteiger partial charge in [-0.3, -0.25) is 4.79 Å². The van der Waals surface area contributed by atoms with Crippen molar-refractivity contribution in [3.63, 3.8) is 0 Å². The maximum atomic E-state index is 13.3. The Labute approximate surface area is 106 Å². The van der Waals surface area contributed by atoms with Gasteiger partial charge in [-0.05, 0) is 38.1 Å². The highest BCUT2D eigenvalue weighted by Crippen LogP contribution is 2.39. The molecule has 0 aromatic heterocycles. The van der Waals surface area contributed by atoms with Gasteiger partial charge in [-0.15, -0.1) is 0 Å². The second-order valence-corrected chi connectivity index (χ2v) is 5.01. The molecule has 1 heterocycles. The Bertz CT molecular complexity index is 497. The van der Waals surface area contributed by atoms with E-state index in [9.17, 15) is 9.18 Å². The Morgan fingerprint density at radius 2 is 2.33 bits per heavy atom. The lowest BCUT2D eigenvalue weighted by Crippen LogP contribution is -2.40. The van der Waals surface area contributed by atoms with Crippen LogP contribution in [-0.2, 0) is 4.79 Å². The van der Waals surface area contributed by atoms with Crippen LogP contribution in [0.25, 0.3) is 0 Å². The normalized spacial score (nSPS) is 20.5. The van der Waals surface area contributed by atoms with Crippen LogP contribution in [0.2, 0.25) is 0 Å². The topological polar surface area (TPSA) is 38.3 Å². The van der Waals surface area contributed by atoms with Gasteiger partial charge in [-0.25, -0.2) is 4.39 Å². The van der Waals surface area contributed by atoms with E-state index in [0.29, 0.717) is 17.7 Å². The second-order valence-electron chi connectivity index (χ2n) is 5.01. The first kappa shape index (κ1) is 12.6. The number of rotatable bonds is 2. The largest absolute Gasteiger partial charge is 0.487 e. The average Bonchev–Trinajstić information content (AvgIpc) is 2.29. The number of fused-ring (bicyclic) bond motifs is 1. The predicted octanol–water partition coefficient (Wildman–Crippen LogP) is 2.73. The lowest BCUT2D eigenvalue weighted by molar-refractivity contribution is -0.117. The molecule has 96 valence electrons. The van der Waals surface area contributed by atoms with Crippen molar-refractivity contribution in [1.82, 2.24) is 5.32 Å². The molecule has 0 saturated carbocycles. The summed E-state index contributed by atoms with van der Waals surface area (Å²) in [6.07, 6.45) is 1.80. The van der Waals surface area contributed by atoms with Gasteiger partial charge < -0.3 is 10.1 Å². The van der Waals surface area contributed by atoms with E-state index in [4.69, 9.17) is 4.74 Å². The quantitative estimate of drug-likeness (QED) is 0.818. The summed E-state index contributed by atoms with van der Waals surface area (Å²) < 4.78 is 19.1. The Balaban J connectivity index is 2.38. The number of hydrogen-bond acceptors (Lipinski definition) is 2. The molecule has 1 atom stereocenters. The van der Waals surface area contributed by atoms with Gasteiger partial charge in [0.15, 0.2) is 0 Å². The molecule has 1 aliphatic rings. The van der Waals surface area contributed by atoms with E-state index in [-0.39, 0.29) is 17.8 Å². The Morgan fingerprint density at radius 3 is 3.00 bits per heavy atom. The molecule has 1 amide bonds. The van der Waals surface area contributed by atoms with E-state index in [1.54, 1.807) is 6.07 Å². The van der Waals surface area contributed by atoms with Crippen LogP contribution in [0.1, 0.15) is 31.9 Å². The number of nitrogens with one attached hydrogen (secondary N) is 1. The summed E-state index contributed by atoms with van der Waals surface area (Å²) in [6.45, 7) is 7.29. The zero-order chi connectivity index (χ0) is 13.3. The summed E-state index contributed by atoms with van der Waals surface area (Å²) in [6, 6.07) is 4.09. The van der Waals surface area contributed by atoms with E-state index >= 15 is 0 Å². The van der Waals surface area contributed by atoms with Crippen molar-refractivity contribution in [1.29, 1.82) is 0 Å². The molecule has 0 unspecified atom stereocenters. The molecule has 0 bridgehead atoms. The molecule has 0 spiro atoms. The highest BCUT2D eigenvalue weighted by atomic mass is 19.1. The molecule has 2 rings (SSSR count). The molecule has 1 aromatic rings. The van der Waals surface area contributed by atoms with Gasteiger partial charge in [0.05, 0.1) is 6.04 Å². The number of amides is 1. The molecule has 1 N–H and O–H groups in total. The molecule has 1 aromatic carbocycles. The predicted molar refractivity (Wildman–Crippen MR) is 66.8 cm³/mol. The SMILES string of the molecule is C=CC(=O)N[C@H]1CC(C)(C)Oc2ccc(F)cc21. The standard InChI is InChI=1S/C14H16FNO2/c1-4-13(17)16-11-8-14(2,3)18-12-6-5-9(15)7-10(11)12/h4-7,11H,1,8H2,2-3H3,(H,16,17)/t11-/m0/s1. The number of carbonyl (C=O) groups excluding carboxylic acids is 1. The summed E-state index contributed by atoms with van der Waals surface area (Å²) in [4.78, 5) is 11.4. The van der Waals surface area contributed by atoms with E-state index in [0.717, 1.165) is 0 Å². The first-order valence-electron chi connectivity index (χ1n) is 5.83. The maximum absolute atomic E-state index is 13.3. The minimum atomic E-state index is -0.399. The van der Waals surface area contributed by atoms with E-state index in [1.807, 2.05) is 13.8 Å². The van der Waals surface area contributed by atoms with E-state index in [1.165, 1.54) is 18.2 Å². The lowest BCUT2D eigenvalue weighted by Gasteiger charge is -2.37. The van der Waals surface area contributed by atoms with Crippen molar-refractivity contribution in [2.45, 2.75) is 31.9 Å². The van der Waals surface area contributed by atoms with Crippen LogP contribution in [0.3, 0.4) is 0 Å². The number of carbonyl (C=O) groups is 1. The fourth-order valence-electron chi connectivity index (χ4n) is 2.18. The molecule has 1 aliphatic heterocycles. The number of hydrogen-bond donors (Lipinski definition) is 1. The van der Waals surface area contributed by atoms with Crippen LogP contribution < -0.4 is 10.1 Å². The van der Waals surface area contributed by atoms with Gasteiger partial charge in [-0.1, -0.05) is 6.58 Å². The van der Waals surface area contributed by atoms with Crippen molar-refractivity contribution in [2.75, 3.05) is 0 Å². The van der Waals surface area contributed by atoms with Crippen LogP contribution in [0.5, 0.6) is 5.75 Å². The first-order chi connectivity index (χ1) is 8.41. The zero-order valence-corrected chi connectivity index (χ0v) is 10.5. The van der Waals surface area contributed by atoms with Gasteiger partial charge in [0, 0.05) is 12.0 Å². The van der Waals surface area contributed by atoms with Gasteiger partial charge in [0.1, 0.15) is 17.2 Å². The molecule has 0 radical (unpaired) electrons. The van der Waals surface area contributed by atoms with Crippen molar-refractivity contribution >= 4 is 5.91 Å². The van der Waals surface area contributed by atoms with Crippen LogP contribution in [0.15, 0.2) is 30.9 Å². The third-order valence-corrected chi connectivity index (χ3v) is 2.93. The van der Waals surface area contributed by atoms with Gasteiger partial charge in [0.25, 0.3) is 0 Å². The van der Waals surface area contributed by atoms with Crippen molar-refractivity contribution in [3.8, 4) is 5.75 Å². The summed E-state index contributed by atoms with van der Waals surface area (Å²) in [5, 5.41) is 2.80. The molecule has 18 heavy (non-hydrogen) atoms. The van der Waals surface area contributed by atoms with Crippen molar-refractivity contribution in [3.05, 3.63) is 42.2 Å². The molecule has 0 aliphatic carbocycles. The van der Waals surface area contributed by atoms with E-state index in [2.05, 4.69) is 11.9 Å². The fraction of sp³-hybridized carbons (Fsp3) is 0.357. The minimum Gasteiger partial charge on any atom is -0.487 e. The Hall–Kier alpha value is -1.84. The van der Waals surface area contributed by atoms with Crippen LogP contribution >= 0.6 is 0 Å². The lowest BCUT2D eigenvalue weighted by atomic mass is 9.89. The second kappa shape index (κ2) is 4.44. The van der Waals surface area contributed by atoms with Crippen LogP contribution in [0.4, 0.5) is 4.39 Å². The smallest absolute Gasteiger partial charge is 0.243 e. The summed E-state index contributed by atoms with van der Waals surface area (Å²) in [5.41, 5.74) is 0.272. The highest BCUT2D eigenvalue weighted by molar-refractivity contribution is 5.87. The molecular weight excluding hydrogens is 233 g/mol. The Kier molecular flexibility index (Phi) is 3.11. The molecule has 0 fully saturated rings. The number of benzene rings is 1. The summed E-state index contributed by atoms with van der Waals surface area (Å²) in [5.74, 6) is 0.00447. The zero-order valence-electron chi connectivity index (χ0n) is 10.5. The van der Waals surface area contributed by atoms with Crippen LogP contribution in [-0.4, -0.2) is 11.5 Å². The number of halogens is 1. The molecule has 0 saturated heterocycles. The monoisotopic (exact) mass is 249 g/mol.